The Kier molecular flexibility index (Phi) is 6.80. The number of rotatable bonds is 6. The minimum atomic E-state index is 0.457. The van der Waals surface area contributed by atoms with Crippen LogP contribution in [0.2, 0.25) is 0 Å². The van der Waals surface area contributed by atoms with E-state index in [9.17, 15) is 0 Å². The first-order valence-corrected chi connectivity index (χ1v) is 13.5. The first-order valence-electron chi connectivity index (χ1n) is 13.5. The Morgan fingerprint density at radius 2 is 1.80 bits per heavy atom. The molecule has 0 saturated heterocycles. The SMILES string of the molecule is COC1CCCC2(C)C(=CCC3C2CCC2(C)C(C(C)CCCC(C)C)CCC32)C1. The lowest BCUT2D eigenvalue weighted by Crippen LogP contribution is -2.49. The zero-order valence-corrected chi connectivity index (χ0v) is 21.0. The minimum Gasteiger partial charge on any atom is -0.381 e. The maximum atomic E-state index is 5.83. The zero-order chi connectivity index (χ0) is 21.5. The second-order valence-corrected chi connectivity index (χ2v) is 12.7. The lowest BCUT2D eigenvalue weighted by molar-refractivity contribution is -0.0463. The fourth-order valence-electron chi connectivity index (χ4n) is 9.09. The number of hydrogen-bond acceptors (Lipinski definition) is 1. The van der Waals surface area contributed by atoms with Crippen LogP contribution < -0.4 is 0 Å². The smallest absolute Gasteiger partial charge is 0.0608 e. The lowest BCUT2D eigenvalue weighted by atomic mass is 9.48. The highest BCUT2D eigenvalue weighted by atomic mass is 16.5. The molecule has 0 aromatic heterocycles. The zero-order valence-electron chi connectivity index (χ0n) is 21.0. The molecule has 1 nitrogen and oxygen atoms in total. The summed E-state index contributed by atoms with van der Waals surface area (Å²) in [5, 5.41) is 0. The third-order valence-corrected chi connectivity index (χ3v) is 10.8. The third-order valence-electron chi connectivity index (χ3n) is 10.8. The molecule has 0 bridgehead atoms. The summed E-state index contributed by atoms with van der Waals surface area (Å²) in [4.78, 5) is 0. The normalized spacial score (nSPS) is 44.6. The van der Waals surface area contributed by atoms with Crippen LogP contribution in [0.15, 0.2) is 11.6 Å². The van der Waals surface area contributed by atoms with Gasteiger partial charge in [0.05, 0.1) is 6.10 Å². The van der Waals surface area contributed by atoms with Gasteiger partial charge in [0, 0.05) is 7.11 Å². The van der Waals surface area contributed by atoms with E-state index >= 15 is 0 Å². The van der Waals surface area contributed by atoms with Crippen LogP contribution in [0.5, 0.6) is 0 Å². The summed E-state index contributed by atoms with van der Waals surface area (Å²) < 4.78 is 5.83. The van der Waals surface area contributed by atoms with Gasteiger partial charge in [-0.05, 0) is 104 Å². The molecule has 0 heterocycles. The predicted molar refractivity (Wildman–Crippen MR) is 128 cm³/mol. The Morgan fingerprint density at radius 3 is 2.53 bits per heavy atom. The molecule has 0 N–H and O–H groups in total. The average Bonchev–Trinajstić information content (AvgIpc) is 2.95. The maximum Gasteiger partial charge on any atom is 0.0608 e. The van der Waals surface area contributed by atoms with E-state index in [0.29, 0.717) is 16.9 Å². The Hall–Kier alpha value is -0.300. The van der Waals surface area contributed by atoms with Crippen molar-refractivity contribution in [1.82, 2.24) is 0 Å². The van der Waals surface area contributed by atoms with Crippen LogP contribution in [0, 0.1) is 46.3 Å². The Labute approximate surface area is 187 Å². The summed E-state index contributed by atoms with van der Waals surface area (Å²) in [7, 11) is 1.92. The largest absolute Gasteiger partial charge is 0.381 e. The van der Waals surface area contributed by atoms with Crippen molar-refractivity contribution in [3.05, 3.63) is 11.6 Å². The van der Waals surface area contributed by atoms with Crippen molar-refractivity contribution in [2.24, 2.45) is 46.3 Å². The molecule has 8 unspecified atom stereocenters. The molecule has 3 fully saturated rings. The van der Waals surface area contributed by atoms with Gasteiger partial charge in [0.1, 0.15) is 0 Å². The fraction of sp³-hybridized carbons (Fsp3) is 0.931. The molecule has 30 heavy (non-hydrogen) atoms. The summed E-state index contributed by atoms with van der Waals surface area (Å²) in [5.41, 5.74) is 2.84. The average molecular weight is 415 g/mol. The van der Waals surface area contributed by atoms with Crippen molar-refractivity contribution in [3.63, 3.8) is 0 Å². The van der Waals surface area contributed by atoms with Gasteiger partial charge in [-0.15, -0.1) is 0 Å². The van der Waals surface area contributed by atoms with Gasteiger partial charge in [0.25, 0.3) is 0 Å². The molecule has 8 atom stereocenters. The first-order chi connectivity index (χ1) is 14.3. The Balaban J connectivity index is 1.50. The van der Waals surface area contributed by atoms with Gasteiger partial charge in [-0.3, -0.25) is 0 Å². The van der Waals surface area contributed by atoms with Gasteiger partial charge in [0.15, 0.2) is 0 Å². The van der Waals surface area contributed by atoms with Gasteiger partial charge < -0.3 is 4.74 Å². The number of methoxy groups -OCH3 is 1. The van der Waals surface area contributed by atoms with E-state index < -0.39 is 0 Å². The van der Waals surface area contributed by atoms with E-state index in [2.05, 4.69) is 40.7 Å². The van der Waals surface area contributed by atoms with Gasteiger partial charge in [-0.25, -0.2) is 0 Å². The summed E-state index contributed by atoms with van der Waals surface area (Å²) in [6.07, 6.45) is 20.1. The van der Waals surface area contributed by atoms with Crippen molar-refractivity contribution in [1.29, 1.82) is 0 Å². The van der Waals surface area contributed by atoms with Crippen LogP contribution in [0.25, 0.3) is 0 Å². The van der Waals surface area contributed by atoms with Crippen molar-refractivity contribution in [3.8, 4) is 0 Å². The second kappa shape index (κ2) is 8.92. The van der Waals surface area contributed by atoms with Gasteiger partial charge >= 0.3 is 0 Å². The highest BCUT2D eigenvalue weighted by Gasteiger charge is 2.58. The summed E-state index contributed by atoms with van der Waals surface area (Å²) in [5.74, 6) is 5.61. The van der Waals surface area contributed by atoms with Crippen LogP contribution in [0.4, 0.5) is 0 Å². The standard InChI is InChI=1S/C29H50O/c1-20(2)9-7-10-21(3)25-14-15-26-24-13-12-22-19-23(30-6)11-8-17-28(22,4)27(24)16-18-29(25,26)5/h12,20-21,23-27H,7-11,13-19H2,1-6H3. The van der Waals surface area contributed by atoms with Crippen molar-refractivity contribution < 1.29 is 4.74 Å². The highest BCUT2D eigenvalue weighted by Crippen LogP contribution is 2.67. The van der Waals surface area contributed by atoms with Crippen LogP contribution >= 0.6 is 0 Å². The monoisotopic (exact) mass is 414 g/mol. The van der Waals surface area contributed by atoms with Crippen LogP contribution in [0.1, 0.15) is 112 Å². The Morgan fingerprint density at radius 1 is 1.00 bits per heavy atom. The molecule has 0 radical (unpaired) electrons. The maximum absolute atomic E-state index is 5.83. The van der Waals surface area contributed by atoms with E-state index in [4.69, 9.17) is 4.74 Å². The second-order valence-electron chi connectivity index (χ2n) is 12.7. The molecule has 0 aromatic rings. The quantitative estimate of drug-likeness (QED) is 0.396. The molecule has 1 heteroatoms. The third kappa shape index (κ3) is 3.95. The van der Waals surface area contributed by atoms with E-state index in [1.807, 2.05) is 7.11 Å². The number of ether oxygens (including phenoxy) is 1. The molecule has 4 aliphatic rings. The molecule has 172 valence electrons. The summed E-state index contributed by atoms with van der Waals surface area (Å²) >= 11 is 0. The lowest BCUT2D eigenvalue weighted by Gasteiger charge is -2.57. The minimum absolute atomic E-state index is 0.457. The molecule has 0 aliphatic heterocycles. The van der Waals surface area contributed by atoms with Gasteiger partial charge in [-0.1, -0.05) is 65.5 Å². The molecular weight excluding hydrogens is 364 g/mol. The van der Waals surface area contributed by atoms with E-state index in [-0.39, 0.29) is 0 Å². The van der Waals surface area contributed by atoms with E-state index in [1.165, 1.54) is 77.0 Å². The Bertz CT molecular complexity index is 620. The fourth-order valence-corrected chi connectivity index (χ4v) is 9.09. The van der Waals surface area contributed by atoms with Crippen LogP contribution in [-0.4, -0.2) is 13.2 Å². The molecule has 0 spiro atoms. The predicted octanol–water partition coefficient (Wildman–Crippen LogP) is 8.43. The van der Waals surface area contributed by atoms with Gasteiger partial charge in [-0.2, -0.15) is 0 Å². The highest BCUT2D eigenvalue weighted by molar-refractivity contribution is 5.24. The van der Waals surface area contributed by atoms with Crippen molar-refractivity contribution in [2.75, 3.05) is 7.11 Å². The molecule has 4 rings (SSSR count). The molecule has 4 aliphatic carbocycles. The van der Waals surface area contributed by atoms with Crippen LogP contribution in [0.3, 0.4) is 0 Å². The van der Waals surface area contributed by atoms with Crippen molar-refractivity contribution >= 4 is 0 Å². The molecule has 0 aromatic carbocycles. The van der Waals surface area contributed by atoms with E-state index in [1.54, 1.807) is 5.57 Å². The van der Waals surface area contributed by atoms with Crippen LogP contribution in [-0.2, 0) is 4.74 Å². The molecular formula is C29H50O. The number of allylic oxidation sites excluding steroid dienone is 1. The van der Waals surface area contributed by atoms with E-state index in [0.717, 1.165) is 35.5 Å². The molecule has 0 amide bonds. The number of hydrogen-bond donors (Lipinski definition) is 0. The topological polar surface area (TPSA) is 9.23 Å². The van der Waals surface area contributed by atoms with Gasteiger partial charge in [0.2, 0.25) is 0 Å². The number of fused-ring (bicyclic) bond motifs is 5. The summed E-state index contributed by atoms with van der Waals surface area (Å²) in [6, 6.07) is 0. The molecule has 3 saturated carbocycles. The first kappa shape index (κ1) is 22.9. The van der Waals surface area contributed by atoms with Crippen molar-refractivity contribution in [2.45, 2.75) is 118 Å². The summed E-state index contributed by atoms with van der Waals surface area (Å²) in [6.45, 7) is 12.7.